The number of hydrogen-bond acceptors (Lipinski definition) is 7. The van der Waals surface area contributed by atoms with E-state index in [9.17, 15) is 0 Å². The molecule has 0 bridgehead atoms. The van der Waals surface area contributed by atoms with E-state index in [4.69, 9.17) is 9.97 Å². The molecule has 182 valence electrons. The molecule has 0 radical (unpaired) electrons. The number of nitrogens with one attached hydrogen (secondary N) is 2. The van der Waals surface area contributed by atoms with E-state index in [0.29, 0.717) is 5.82 Å². The van der Waals surface area contributed by atoms with Crippen LogP contribution >= 0.6 is 0 Å². The highest BCUT2D eigenvalue weighted by atomic mass is 15.1. The Morgan fingerprint density at radius 3 is 2.57 bits per heavy atom. The second-order valence-corrected chi connectivity index (χ2v) is 9.48. The summed E-state index contributed by atoms with van der Waals surface area (Å²) in [5.41, 5.74) is 8.13. The maximum atomic E-state index is 4.90. The van der Waals surface area contributed by atoms with Crippen LogP contribution in [0.15, 0.2) is 67.5 Å². The van der Waals surface area contributed by atoms with Crippen LogP contribution in [0, 0.1) is 0 Å². The van der Waals surface area contributed by atoms with E-state index in [1.807, 2.05) is 36.8 Å². The Bertz CT molecular complexity index is 1700. The van der Waals surface area contributed by atoms with Crippen LogP contribution in [0.25, 0.3) is 56.0 Å². The Morgan fingerprint density at radius 1 is 0.784 bits per heavy atom. The van der Waals surface area contributed by atoms with Crippen LogP contribution in [0.3, 0.4) is 0 Å². The molecule has 7 heterocycles. The summed E-state index contributed by atoms with van der Waals surface area (Å²) in [6.07, 6.45) is 14.8. The van der Waals surface area contributed by atoms with E-state index in [1.54, 1.807) is 18.6 Å². The minimum atomic E-state index is 0.679. The number of rotatable bonds is 5. The maximum Gasteiger partial charge on any atom is 0.159 e. The molecule has 0 saturated carbocycles. The molecule has 1 fully saturated rings. The van der Waals surface area contributed by atoms with Gasteiger partial charge in [0.1, 0.15) is 11.2 Å². The van der Waals surface area contributed by atoms with Crippen molar-refractivity contribution in [2.75, 3.05) is 13.1 Å². The first-order chi connectivity index (χ1) is 18.3. The van der Waals surface area contributed by atoms with Crippen molar-refractivity contribution in [3.8, 4) is 34.0 Å². The smallest absolute Gasteiger partial charge is 0.159 e. The maximum absolute atomic E-state index is 4.90. The lowest BCUT2D eigenvalue weighted by atomic mass is 10.1. The molecular formula is C28H25N9. The van der Waals surface area contributed by atoms with Crippen molar-refractivity contribution < 1.29 is 0 Å². The van der Waals surface area contributed by atoms with Gasteiger partial charge < -0.3 is 4.98 Å². The number of fused-ring (bicyclic) bond motifs is 2. The average molecular weight is 488 g/mol. The SMILES string of the molecule is c1cc(-c2nccc3[nH]c(-c4n[nH]c5cnc(-c6cncc(CN7CCCCC7)c6)cc45)nc23)ccn1. The number of aromatic nitrogens is 8. The predicted molar refractivity (Wildman–Crippen MR) is 142 cm³/mol. The highest BCUT2D eigenvalue weighted by molar-refractivity contribution is 5.96. The van der Waals surface area contributed by atoms with Gasteiger partial charge in [0.2, 0.25) is 0 Å². The van der Waals surface area contributed by atoms with Crippen LogP contribution in [-0.2, 0) is 6.54 Å². The average Bonchev–Trinajstić information content (AvgIpc) is 3.58. The minimum absolute atomic E-state index is 0.679. The molecule has 0 amide bonds. The van der Waals surface area contributed by atoms with E-state index in [1.165, 1.54) is 24.8 Å². The number of H-pyrrole nitrogens is 2. The van der Waals surface area contributed by atoms with E-state index >= 15 is 0 Å². The number of piperidine rings is 1. The van der Waals surface area contributed by atoms with Gasteiger partial charge in [0.05, 0.1) is 28.6 Å². The molecule has 9 heteroatoms. The van der Waals surface area contributed by atoms with Gasteiger partial charge in [0, 0.05) is 54.0 Å². The van der Waals surface area contributed by atoms with Crippen LogP contribution in [0.2, 0.25) is 0 Å². The molecule has 37 heavy (non-hydrogen) atoms. The summed E-state index contributed by atoms with van der Waals surface area (Å²) in [6, 6.07) is 10.1. The second kappa shape index (κ2) is 9.18. The largest absolute Gasteiger partial charge is 0.336 e. The molecule has 7 rings (SSSR count). The van der Waals surface area contributed by atoms with Gasteiger partial charge >= 0.3 is 0 Å². The summed E-state index contributed by atoms with van der Waals surface area (Å²) >= 11 is 0. The molecule has 0 atom stereocenters. The first-order valence-electron chi connectivity index (χ1n) is 12.6. The molecule has 0 unspecified atom stereocenters. The third kappa shape index (κ3) is 4.13. The van der Waals surface area contributed by atoms with Crippen molar-refractivity contribution in [1.82, 2.24) is 45.0 Å². The summed E-state index contributed by atoms with van der Waals surface area (Å²) in [5.74, 6) is 0.679. The number of imidazole rings is 1. The fourth-order valence-corrected chi connectivity index (χ4v) is 5.11. The Labute approximate surface area is 213 Å². The van der Waals surface area contributed by atoms with Crippen molar-refractivity contribution in [3.63, 3.8) is 0 Å². The second-order valence-electron chi connectivity index (χ2n) is 9.48. The fraction of sp³-hybridized carbons (Fsp3) is 0.214. The van der Waals surface area contributed by atoms with Gasteiger partial charge in [-0.2, -0.15) is 5.10 Å². The lowest BCUT2D eigenvalue weighted by Crippen LogP contribution is -2.29. The third-order valence-electron chi connectivity index (χ3n) is 6.97. The molecule has 6 aromatic rings. The minimum Gasteiger partial charge on any atom is -0.336 e. The summed E-state index contributed by atoms with van der Waals surface area (Å²) in [4.78, 5) is 28.8. The zero-order chi connectivity index (χ0) is 24.6. The van der Waals surface area contributed by atoms with Crippen LogP contribution < -0.4 is 0 Å². The van der Waals surface area contributed by atoms with Crippen molar-refractivity contribution >= 4 is 21.9 Å². The Kier molecular flexibility index (Phi) is 5.40. The van der Waals surface area contributed by atoms with E-state index in [0.717, 1.165) is 69.8 Å². The van der Waals surface area contributed by atoms with Gasteiger partial charge in [-0.3, -0.25) is 29.9 Å². The monoisotopic (exact) mass is 487 g/mol. The summed E-state index contributed by atoms with van der Waals surface area (Å²) in [6.45, 7) is 3.23. The zero-order valence-corrected chi connectivity index (χ0v) is 20.2. The molecule has 9 nitrogen and oxygen atoms in total. The molecule has 2 N–H and O–H groups in total. The lowest BCUT2D eigenvalue weighted by Gasteiger charge is -2.26. The van der Waals surface area contributed by atoms with E-state index in [2.05, 4.69) is 47.2 Å². The molecule has 1 saturated heterocycles. The lowest BCUT2D eigenvalue weighted by molar-refractivity contribution is 0.220. The Morgan fingerprint density at radius 2 is 1.68 bits per heavy atom. The third-order valence-corrected chi connectivity index (χ3v) is 6.97. The molecule has 0 spiro atoms. The van der Waals surface area contributed by atoms with E-state index in [-0.39, 0.29) is 0 Å². The first-order valence-corrected chi connectivity index (χ1v) is 12.6. The molecule has 0 aromatic carbocycles. The van der Waals surface area contributed by atoms with Gasteiger partial charge in [0.15, 0.2) is 5.82 Å². The highest BCUT2D eigenvalue weighted by Crippen LogP contribution is 2.31. The summed E-state index contributed by atoms with van der Waals surface area (Å²) in [5, 5.41) is 8.63. The number of pyridine rings is 4. The van der Waals surface area contributed by atoms with Gasteiger partial charge in [-0.25, -0.2) is 4.98 Å². The quantitative estimate of drug-likeness (QED) is 0.352. The number of nitrogens with zero attached hydrogens (tertiary/aromatic N) is 7. The van der Waals surface area contributed by atoms with Crippen LogP contribution in [0.1, 0.15) is 24.8 Å². The summed E-state index contributed by atoms with van der Waals surface area (Å²) in [7, 11) is 0. The first kappa shape index (κ1) is 21.8. The standard InChI is InChI=1S/C28H25N9/c1-2-10-37(11-3-1)17-18-12-20(15-30-14-18)23-13-21-24(16-32-23)35-36-26(21)28-33-22-6-9-31-25(27(22)34-28)19-4-7-29-8-5-19/h4-9,12-16H,1-3,10-11,17H2,(H,33,34)(H,35,36). The number of likely N-dealkylation sites (tertiary alicyclic amines) is 1. The Hall–Kier alpha value is -4.50. The molecule has 1 aliphatic heterocycles. The van der Waals surface area contributed by atoms with Crippen molar-refractivity contribution in [1.29, 1.82) is 0 Å². The van der Waals surface area contributed by atoms with Crippen molar-refractivity contribution in [2.24, 2.45) is 0 Å². The van der Waals surface area contributed by atoms with Gasteiger partial charge in [-0.05, 0) is 61.8 Å². The highest BCUT2D eigenvalue weighted by Gasteiger charge is 2.17. The number of aromatic amines is 2. The number of hydrogen-bond donors (Lipinski definition) is 2. The Balaban J connectivity index is 1.26. The molecule has 6 aromatic heterocycles. The van der Waals surface area contributed by atoms with Crippen molar-refractivity contribution in [2.45, 2.75) is 25.8 Å². The van der Waals surface area contributed by atoms with Crippen LogP contribution in [-0.4, -0.2) is 58.1 Å². The van der Waals surface area contributed by atoms with Crippen molar-refractivity contribution in [3.05, 3.63) is 73.1 Å². The van der Waals surface area contributed by atoms with Crippen LogP contribution in [0.4, 0.5) is 0 Å². The normalized spacial score (nSPS) is 14.5. The van der Waals surface area contributed by atoms with Crippen LogP contribution in [0.5, 0.6) is 0 Å². The van der Waals surface area contributed by atoms with E-state index < -0.39 is 0 Å². The topological polar surface area (TPSA) is 112 Å². The van der Waals surface area contributed by atoms with Gasteiger partial charge in [-0.1, -0.05) is 6.42 Å². The van der Waals surface area contributed by atoms with Gasteiger partial charge in [0.25, 0.3) is 0 Å². The molecule has 0 aliphatic carbocycles. The fourth-order valence-electron chi connectivity index (χ4n) is 5.11. The zero-order valence-electron chi connectivity index (χ0n) is 20.2. The molecular weight excluding hydrogens is 462 g/mol. The molecule has 1 aliphatic rings. The van der Waals surface area contributed by atoms with Gasteiger partial charge in [-0.15, -0.1) is 0 Å². The predicted octanol–water partition coefficient (Wildman–Crippen LogP) is 5.01. The summed E-state index contributed by atoms with van der Waals surface area (Å²) < 4.78 is 0.